The maximum absolute atomic E-state index is 5.27. The second kappa shape index (κ2) is 6.13. The van der Waals surface area contributed by atoms with Crippen molar-refractivity contribution in [3.63, 3.8) is 0 Å². The van der Waals surface area contributed by atoms with E-state index >= 15 is 0 Å². The van der Waals surface area contributed by atoms with Crippen LogP contribution in [-0.2, 0) is 15.7 Å². The van der Waals surface area contributed by atoms with E-state index in [1.165, 1.54) is 5.56 Å². The Morgan fingerprint density at radius 1 is 1.17 bits per heavy atom. The van der Waals surface area contributed by atoms with Gasteiger partial charge in [-0.1, -0.05) is 30.3 Å². The minimum atomic E-state index is 0.158. The minimum Gasteiger partial charge on any atom is -0.337 e. The van der Waals surface area contributed by atoms with Gasteiger partial charge in [-0.3, -0.25) is 0 Å². The summed E-state index contributed by atoms with van der Waals surface area (Å²) >= 11 is 0. The molecule has 3 heteroatoms. The molecule has 1 aromatic rings. The molecule has 1 rings (SSSR count). The fraction of sp³-hybridized carbons (Fsp3) is 0.333. The van der Waals surface area contributed by atoms with Crippen LogP contribution < -0.4 is 0 Å². The highest BCUT2D eigenvalue weighted by molar-refractivity contribution is 7.26. The zero-order valence-corrected chi connectivity index (χ0v) is 8.12. The fourth-order valence-electron chi connectivity index (χ4n) is 0.788. The van der Waals surface area contributed by atoms with E-state index < -0.39 is 0 Å². The van der Waals surface area contributed by atoms with Crippen molar-refractivity contribution in [3.05, 3.63) is 35.9 Å². The van der Waals surface area contributed by atoms with Crippen LogP contribution in [0.2, 0.25) is 0 Å². The van der Waals surface area contributed by atoms with Gasteiger partial charge in [-0.2, -0.15) is 0 Å². The molecule has 0 fully saturated rings. The molecule has 0 aliphatic heterocycles. The second-order valence-corrected chi connectivity index (χ2v) is 3.03. The first kappa shape index (κ1) is 9.66. The van der Waals surface area contributed by atoms with Gasteiger partial charge in [-0.25, -0.2) is 0 Å². The second-order valence-electron chi connectivity index (χ2n) is 2.29. The summed E-state index contributed by atoms with van der Waals surface area (Å²) in [5.74, 6) is 0. The number of hydrogen-bond acceptors (Lipinski definition) is 2. The molecule has 1 atom stereocenters. The van der Waals surface area contributed by atoms with E-state index in [0.29, 0.717) is 13.2 Å². The third-order valence-electron chi connectivity index (χ3n) is 1.34. The minimum absolute atomic E-state index is 0.158. The molecular weight excluding hydrogens is 171 g/mol. The maximum atomic E-state index is 5.27. The van der Waals surface area contributed by atoms with Gasteiger partial charge in [-0.05, 0) is 12.5 Å². The van der Waals surface area contributed by atoms with Gasteiger partial charge in [0.1, 0.15) is 0 Å². The Hall–Kier alpha value is -0.430. The van der Waals surface area contributed by atoms with Crippen molar-refractivity contribution < 1.29 is 9.05 Å². The lowest BCUT2D eigenvalue weighted by Crippen LogP contribution is -1.84. The maximum Gasteiger partial charge on any atom is 0.155 e. The van der Waals surface area contributed by atoms with Crippen molar-refractivity contribution in [3.8, 4) is 0 Å². The van der Waals surface area contributed by atoms with Gasteiger partial charge in [0.05, 0.1) is 13.2 Å². The van der Waals surface area contributed by atoms with Crippen molar-refractivity contribution in [1.29, 1.82) is 0 Å². The summed E-state index contributed by atoms with van der Waals surface area (Å²) in [5.41, 5.74) is 1.18. The average molecular weight is 184 g/mol. The van der Waals surface area contributed by atoms with Crippen molar-refractivity contribution in [2.24, 2.45) is 0 Å². The lowest BCUT2D eigenvalue weighted by atomic mass is 10.2. The monoisotopic (exact) mass is 184 g/mol. The highest BCUT2D eigenvalue weighted by atomic mass is 31.1. The van der Waals surface area contributed by atoms with Crippen molar-refractivity contribution in [2.75, 3.05) is 6.61 Å². The first-order chi connectivity index (χ1) is 5.93. The summed E-state index contributed by atoms with van der Waals surface area (Å²) in [7, 11) is 0.158. The zero-order valence-electron chi connectivity index (χ0n) is 7.12. The van der Waals surface area contributed by atoms with Gasteiger partial charge in [0.25, 0.3) is 0 Å². The van der Waals surface area contributed by atoms with Crippen LogP contribution in [0.15, 0.2) is 30.3 Å². The molecule has 66 valence electrons. The van der Waals surface area contributed by atoms with Crippen molar-refractivity contribution in [1.82, 2.24) is 0 Å². The average Bonchev–Trinajstić information content (AvgIpc) is 2.14. The van der Waals surface area contributed by atoms with Crippen LogP contribution in [-0.4, -0.2) is 6.61 Å². The molecule has 0 saturated carbocycles. The Morgan fingerprint density at radius 3 is 2.58 bits per heavy atom. The molecule has 1 aromatic carbocycles. The third-order valence-corrected chi connectivity index (χ3v) is 2.01. The van der Waals surface area contributed by atoms with E-state index in [9.17, 15) is 0 Å². The quantitative estimate of drug-likeness (QED) is 0.517. The Kier molecular flexibility index (Phi) is 4.93. The van der Waals surface area contributed by atoms with Crippen LogP contribution >= 0.6 is 9.03 Å². The zero-order chi connectivity index (χ0) is 8.65. The van der Waals surface area contributed by atoms with Gasteiger partial charge in [0.15, 0.2) is 9.03 Å². The Morgan fingerprint density at radius 2 is 1.92 bits per heavy atom. The lowest BCUT2D eigenvalue weighted by molar-refractivity contribution is 0.269. The molecule has 0 saturated heterocycles. The molecule has 0 aliphatic rings. The molecule has 0 spiro atoms. The molecule has 0 bridgehead atoms. The first-order valence-corrected chi connectivity index (χ1v) is 4.77. The highest BCUT2D eigenvalue weighted by Crippen LogP contribution is 2.15. The molecule has 0 N–H and O–H groups in total. The first-order valence-electron chi connectivity index (χ1n) is 3.96. The summed E-state index contributed by atoms with van der Waals surface area (Å²) in [4.78, 5) is 0. The Balaban J connectivity index is 2.16. The van der Waals surface area contributed by atoms with E-state index in [1.54, 1.807) is 0 Å². The van der Waals surface area contributed by atoms with Gasteiger partial charge >= 0.3 is 0 Å². The largest absolute Gasteiger partial charge is 0.337 e. The molecule has 0 aromatic heterocycles. The smallest absolute Gasteiger partial charge is 0.155 e. The van der Waals surface area contributed by atoms with Crippen LogP contribution in [0.25, 0.3) is 0 Å². The molecule has 2 nitrogen and oxygen atoms in total. The number of hydrogen-bond donors (Lipinski definition) is 0. The normalized spacial score (nSPS) is 11.1. The molecule has 0 heterocycles. The predicted octanol–water partition coefficient (Wildman–Crippen LogP) is 2.75. The SMILES string of the molecule is CCOPOCc1ccccc1. The summed E-state index contributed by atoms with van der Waals surface area (Å²) in [6.07, 6.45) is 0. The molecule has 0 radical (unpaired) electrons. The standard InChI is InChI=1S/C9H13O2P/c1-2-10-12-11-8-9-6-4-3-5-7-9/h3-7,12H,2,8H2,1H3. The summed E-state index contributed by atoms with van der Waals surface area (Å²) in [5, 5.41) is 0. The van der Waals surface area contributed by atoms with Crippen LogP contribution in [0.1, 0.15) is 12.5 Å². The molecule has 12 heavy (non-hydrogen) atoms. The van der Waals surface area contributed by atoms with Gasteiger partial charge in [0, 0.05) is 0 Å². The van der Waals surface area contributed by atoms with Crippen LogP contribution in [0.4, 0.5) is 0 Å². The summed E-state index contributed by atoms with van der Waals surface area (Å²) in [6.45, 7) is 3.31. The van der Waals surface area contributed by atoms with Gasteiger partial charge in [0.2, 0.25) is 0 Å². The highest BCUT2D eigenvalue weighted by Gasteiger charge is 1.90. The predicted molar refractivity (Wildman–Crippen MR) is 51.2 cm³/mol. The summed E-state index contributed by atoms with van der Waals surface area (Å²) < 4.78 is 10.3. The van der Waals surface area contributed by atoms with E-state index in [1.807, 2.05) is 37.3 Å². The van der Waals surface area contributed by atoms with E-state index in [2.05, 4.69) is 0 Å². The lowest BCUT2D eigenvalue weighted by Gasteiger charge is -2.02. The molecule has 0 amide bonds. The van der Waals surface area contributed by atoms with Gasteiger partial charge in [-0.15, -0.1) is 0 Å². The topological polar surface area (TPSA) is 18.5 Å². The Bertz CT molecular complexity index is 201. The summed E-state index contributed by atoms with van der Waals surface area (Å²) in [6, 6.07) is 10.1. The van der Waals surface area contributed by atoms with E-state index in [-0.39, 0.29) is 9.03 Å². The van der Waals surface area contributed by atoms with Crippen molar-refractivity contribution in [2.45, 2.75) is 13.5 Å². The van der Waals surface area contributed by atoms with E-state index in [0.717, 1.165) is 0 Å². The van der Waals surface area contributed by atoms with Crippen molar-refractivity contribution >= 4 is 9.03 Å². The fourth-order valence-corrected chi connectivity index (χ4v) is 1.21. The molecular formula is C9H13O2P. The van der Waals surface area contributed by atoms with Gasteiger partial charge < -0.3 is 9.05 Å². The van der Waals surface area contributed by atoms with E-state index in [4.69, 9.17) is 9.05 Å². The van der Waals surface area contributed by atoms with Crippen LogP contribution in [0, 0.1) is 0 Å². The Labute approximate surface area is 74.8 Å². The number of benzene rings is 1. The molecule has 1 unspecified atom stereocenters. The third kappa shape index (κ3) is 3.82. The van der Waals surface area contributed by atoms with Crippen LogP contribution in [0.5, 0.6) is 0 Å². The van der Waals surface area contributed by atoms with Crippen LogP contribution in [0.3, 0.4) is 0 Å². The number of rotatable bonds is 5. The molecule has 0 aliphatic carbocycles.